The molecule has 2 aromatic carbocycles. The lowest BCUT2D eigenvalue weighted by Crippen LogP contribution is -2.25. The van der Waals surface area contributed by atoms with Gasteiger partial charge in [0.1, 0.15) is 24.2 Å². The van der Waals surface area contributed by atoms with Crippen molar-refractivity contribution in [2.45, 2.75) is 25.7 Å². The molecular weight excluding hydrogens is 448 g/mol. The number of aromatic amines is 1. The van der Waals surface area contributed by atoms with E-state index in [9.17, 15) is 5.26 Å². The van der Waals surface area contributed by atoms with Crippen LogP contribution in [0.3, 0.4) is 0 Å². The molecule has 6 rings (SSSR count). The van der Waals surface area contributed by atoms with E-state index in [1.54, 1.807) is 6.20 Å². The molecule has 1 saturated heterocycles. The largest absolute Gasteiger partial charge is 0.492 e. The van der Waals surface area contributed by atoms with Crippen LogP contribution in [-0.2, 0) is 0 Å². The minimum absolute atomic E-state index is 0.544. The van der Waals surface area contributed by atoms with Crippen molar-refractivity contribution in [3.8, 4) is 40.1 Å². The van der Waals surface area contributed by atoms with Gasteiger partial charge in [-0.15, -0.1) is 0 Å². The second-order valence-electron chi connectivity index (χ2n) is 9.80. The Bertz CT molecular complexity index is 1390. The molecule has 0 unspecified atom stereocenters. The van der Waals surface area contributed by atoms with Crippen molar-refractivity contribution >= 4 is 10.9 Å². The Morgan fingerprint density at radius 2 is 1.78 bits per heavy atom. The molecule has 1 aliphatic heterocycles. The average molecular weight is 479 g/mol. The molecule has 0 bridgehead atoms. The molecule has 2 fully saturated rings. The third kappa shape index (κ3) is 4.93. The fourth-order valence-electron chi connectivity index (χ4n) is 4.85. The van der Waals surface area contributed by atoms with Crippen molar-refractivity contribution < 1.29 is 9.47 Å². The second kappa shape index (κ2) is 10.0. The van der Waals surface area contributed by atoms with Gasteiger partial charge in [0.15, 0.2) is 0 Å². The number of fused-ring (bicyclic) bond motifs is 1. The molecule has 0 atom stereocenters. The molecule has 3 heterocycles. The lowest BCUT2D eigenvalue weighted by atomic mass is 10.0. The van der Waals surface area contributed by atoms with Crippen LogP contribution in [0.25, 0.3) is 33.4 Å². The van der Waals surface area contributed by atoms with E-state index in [1.165, 1.54) is 38.8 Å². The minimum atomic E-state index is 0.544. The van der Waals surface area contributed by atoms with Gasteiger partial charge in [0.25, 0.3) is 0 Å². The molecule has 4 aromatic rings. The maximum Gasteiger partial charge on any atom is 0.137 e. The van der Waals surface area contributed by atoms with Crippen molar-refractivity contribution in [3.63, 3.8) is 0 Å². The van der Waals surface area contributed by atoms with E-state index in [2.05, 4.69) is 39.1 Å². The summed E-state index contributed by atoms with van der Waals surface area (Å²) in [5.74, 6) is 2.18. The van der Waals surface area contributed by atoms with Crippen LogP contribution in [0.5, 0.6) is 11.5 Å². The Balaban J connectivity index is 1.20. The topological polar surface area (TPSA) is 74.2 Å². The summed E-state index contributed by atoms with van der Waals surface area (Å²) in [5.41, 5.74) is 5.42. The van der Waals surface area contributed by atoms with Crippen LogP contribution in [0.1, 0.15) is 31.2 Å². The van der Waals surface area contributed by atoms with Crippen molar-refractivity contribution in [1.29, 1.82) is 5.26 Å². The Hall–Kier alpha value is -3.82. The number of nitrogens with zero attached hydrogens (tertiary/aromatic N) is 3. The van der Waals surface area contributed by atoms with Crippen molar-refractivity contribution in [2.75, 3.05) is 32.8 Å². The SMILES string of the molecule is N#Cc1cc(-c2nccc3[nH]c(-c4ccc(OCCN5CCCC5)cc4)cc23)ccc1OCC1CC1. The zero-order valence-electron chi connectivity index (χ0n) is 20.4. The lowest BCUT2D eigenvalue weighted by molar-refractivity contribution is 0.238. The van der Waals surface area contributed by atoms with Crippen LogP contribution in [-0.4, -0.2) is 47.7 Å². The first kappa shape index (κ1) is 22.6. The highest BCUT2D eigenvalue weighted by atomic mass is 16.5. The van der Waals surface area contributed by atoms with Crippen LogP contribution in [0.15, 0.2) is 60.8 Å². The van der Waals surface area contributed by atoms with Crippen molar-refractivity contribution in [2.24, 2.45) is 5.92 Å². The Morgan fingerprint density at radius 1 is 0.972 bits per heavy atom. The smallest absolute Gasteiger partial charge is 0.137 e. The van der Waals surface area contributed by atoms with E-state index in [-0.39, 0.29) is 0 Å². The Kier molecular flexibility index (Phi) is 6.31. The highest BCUT2D eigenvalue weighted by Crippen LogP contribution is 2.34. The zero-order chi connectivity index (χ0) is 24.3. The van der Waals surface area contributed by atoms with Gasteiger partial charge in [-0.1, -0.05) is 0 Å². The minimum Gasteiger partial charge on any atom is -0.492 e. The number of ether oxygens (including phenoxy) is 2. The van der Waals surface area contributed by atoms with Gasteiger partial charge in [0, 0.05) is 34.9 Å². The third-order valence-electron chi connectivity index (χ3n) is 7.13. The molecule has 6 nitrogen and oxygen atoms in total. The predicted molar refractivity (Wildman–Crippen MR) is 141 cm³/mol. The van der Waals surface area contributed by atoms with Crippen LogP contribution in [0, 0.1) is 17.2 Å². The summed E-state index contributed by atoms with van der Waals surface area (Å²) in [6, 6.07) is 20.4. The highest BCUT2D eigenvalue weighted by molar-refractivity contribution is 5.96. The maximum atomic E-state index is 9.70. The van der Waals surface area contributed by atoms with Gasteiger partial charge in [0.05, 0.1) is 17.9 Å². The summed E-state index contributed by atoms with van der Waals surface area (Å²) in [5, 5.41) is 10.7. The third-order valence-corrected chi connectivity index (χ3v) is 7.13. The van der Waals surface area contributed by atoms with Gasteiger partial charge in [0.2, 0.25) is 0 Å². The van der Waals surface area contributed by atoms with E-state index in [1.807, 2.05) is 36.4 Å². The van der Waals surface area contributed by atoms with Crippen LogP contribution >= 0.6 is 0 Å². The molecule has 2 aromatic heterocycles. The number of pyridine rings is 1. The summed E-state index contributed by atoms with van der Waals surface area (Å²) >= 11 is 0. The van der Waals surface area contributed by atoms with Gasteiger partial charge in [-0.2, -0.15) is 5.26 Å². The van der Waals surface area contributed by atoms with Crippen molar-refractivity contribution in [1.82, 2.24) is 14.9 Å². The molecule has 1 N–H and O–H groups in total. The first-order valence-corrected chi connectivity index (χ1v) is 12.9. The molecule has 1 aliphatic carbocycles. The number of aromatic nitrogens is 2. The van der Waals surface area contributed by atoms with E-state index in [0.717, 1.165) is 52.3 Å². The van der Waals surface area contributed by atoms with Gasteiger partial charge < -0.3 is 14.5 Å². The van der Waals surface area contributed by atoms with Gasteiger partial charge in [-0.05, 0) is 105 Å². The Labute approximate surface area is 211 Å². The molecule has 1 saturated carbocycles. The van der Waals surface area contributed by atoms with Crippen LogP contribution in [0.2, 0.25) is 0 Å². The van der Waals surface area contributed by atoms with Crippen molar-refractivity contribution in [3.05, 3.63) is 66.4 Å². The number of nitrogens with one attached hydrogen (secondary N) is 1. The normalized spacial score (nSPS) is 15.8. The average Bonchev–Trinajstić information content (AvgIpc) is 3.40. The van der Waals surface area contributed by atoms with E-state index in [4.69, 9.17) is 9.47 Å². The maximum absolute atomic E-state index is 9.70. The van der Waals surface area contributed by atoms with Gasteiger partial charge >= 0.3 is 0 Å². The van der Waals surface area contributed by atoms with E-state index < -0.39 is 0 Å². The molecule has 6 heteroatoms. The zero-order valence-corrected chi connectivity index (χ0v) is 20.4. The predicted octanol–water partition coefficient (Wildman–Crippen LogP) is 6.03. The number of H-pyrrole nitrogens is 1. The van der Waals surface area contributed by atoms with Gasteiger partial charge in [-0.3, -0.25) is 9.88 Å². The number of benzene rings is 2. The number of hydrogen-bond donors (Lipinski definition) is 1. The molecule has 36 heavy (non-hydrogen) atoms. The molecule has 0 amide bonds. The summed E-state index contributed by atoms with van der Waals surface area (Å²) in [6.45, 7) is 4.77. The monoisotopic (exact) mass is 478 g/mol. The molecule has 2 aliphatic rings. The quantitative estimate of drug-likeness (QED) is 0.318. The molecule has 182 valence electrons. The summed E-state index contributed by atoms with van der Waals surface area (Å²) in [6.07, 6.45) is 6.84. The molecule has 0 radical (unpaired) electrons. The summed E-state index contributed by atoms with van der Waals surface area (Å²) in [4.78, 5) is 10.6. The standard InChI is InChI=1S/C30H30N4O2/c31-19-24-17-23(7-10-29(24)36-20-21-3-4-21)30-26-18-28(33-27(26)11-12-32-30)22-5-8-25(9-6-22)35-16-15-34-13-1-2-14-34/h5-12,17-18,21,33H,1-4,13-16,20H2. The number of hydrogen-bond acceptors (Lipinski definition) is 5. The first-order valence-electron chi connectivity index (χ1n) is 12.9. The van der Waals surface area contributed by atoms with Crippen LogP contribution in [0.4, 0.5) is 0 Å². The highest BCUT2D eigenvalue weighted by Gasteiger charge is 2.22. The number of likely N-dealkylation sites (tertiary alicyclic amines) is 1. The lowest BCUT2D eigenvalue weighted by Gasteiger charge is -2.14. The van der Waals surface area contributed by atoms with Crippen LogP contribution < -0.4 is 9.47 Å². The Morgan fingerprint density at radius 3 is 2.56 bits per heavy atom. The first-order chi connectivity index (χ1) is 17.8. The number of rotatable bonds is 9. The fraction of sp³-hybridized carbons (Fsp3) is 0.333. The molecular formula is C30H30N4O2. The summed E-state index contributed by atoms with van der Waals surface area (Å²) < 4.78 is 11.9. The number of nitriles is 1. The van der Waals surface area contributed by atoms with E-state index >= 15 is 0 Å². The van der Waals surface area contributed by atoms with E-state index in [0.29, 0.717) is 23.8 Å². The second-order valence-corrected chi connectivity index (χ2v) is 9.80. The van der Waals surface area contributed by atoms with Gasteiger partial charge in [-0.25, -0.2) is 0 Å². The fourth-order valence-corrected chi connectivity index (χ4v) is 4.85. The molecule has 0 spiro atoms. The summed E-state index contributed by atoms with van der Waals surface area (Å²) in [7, 11) is 0.